The second-order valence-corrected chi connectivity index (χ2v) is 14.5. The van der Waals surface area contributed by atoms with Gasteiger partial charge in [-0.05, 0) is 73.7 Å². The monoisotopic (exact) mass is 1070 g/mol. The van der Waals surface area contributed by atoms with Crippen molar-refractivity contribution in [1.29, 1.82) is 5.26 Å². The maximum Gasteiger partial charge on any atom is 0.412 e. The van der Waals surface area contributed by atoms with E-state index < -0.39 is 87.9 Å². The smallest absolute Gasteiger partial charge is 0.412 e. The van der Waals surface area contributed by atoms with Gasteiger partial charge in [0.25, 0.3) is 17.7 Å². The van der Waals surface area contributed by atoms with Gasteiger partial charge in [0.2, 0.25) is 0 Å². The van der Waals surface area contributed by atoms with Gasteiger partial charge in [-0.1, -0.05) is 0 Å². The van der Waals surface area contributed by atoms with E-state index in [4.69, 9.17) is 10.4 Å². The number of halogens is 6. The molecule has 0 aliphatic carbocycles. The number of nitrogens with zero attached hydrogens (tertiary/aromatic N) is 8. The fourth-order valence-electron chi connectivity index (χ4n) is 5.81. The normalized spacial score (nSPS) is 10.1. The van der Waals surface area contributed by atoms with Gasteiger partial charge in [0.1, 0.15) is 0 Å². The van der Waals surface area contributed by atoms with Gasteiger partial charge in [-0.2, -0.15) is 10.4 Å². The molecule has 7 rings (SSSR count). The van der Waals surface area contributed by atoms with Gasteiger partial charge in [0.15, 0.2) is 57.8 Å². The van der Waals surface area contributed by atoms with Gasteiger partial charge in [-0.25, -0.2) is 45.5 Å². The minimum atomic E-state index is -1.56. The summed E-state index contributed by atoms with van der Waals surface area (Å²) < 4.78 is 93.7. The zero-order chi connectivity index (χ0) is 56.3. The fraction of sp³-hybridized carbons (Fsp3) is 0.104. The summed E-state index contributed by atoms with van der Waals surface area (Å²) in [5, 5.41) is 48.7. The van der Waals surface area contributed by atoms with Crippen LogP contribution in [0, 0.1) is 46.2 Å². The van der Waals surface area contributed by atoms with Crippen LogP contribution in [0.5, 0.6) is 0 Å². The molecule has 0 aliphatic heterocycles. The number of carbonyl (C=O) groups excluding carboxylic acids is 6. The number of methoxy groups -OCH3 is 2. The molecule has 23 nitrogen and oxygen atoms in total. The lowest BCUT2D eigenvalue weighted by molar-refractivity contribution is 0.0592. The van der Waals surface area contributed by atoms with Crippen molar-refractivity contribution in [2.45, 2.75) is 13.3 Å². The molecule has 0 spiro atoms. The number of ether oxygens (including phenoxy) is 3. The summed E-state index contributed by atoms with van der Waals surface area (Å²) in [6.07, 6.45) is 2.48. The Bertz CT molecular complexity index is 3400. The highest BCUT2D eigenvalue weighted by atomic mass is 19.2. The Morgan fingerprint density at radius 3 is 1.42 bits per heavy atom. The first-order valence-corrected chi connectivity index (χ1v) is 21.3. The SMILES string of the molecule is CCOC(=O)Nc1ccc(C(=O)Nc2cc(F)c(F)cc2C(=O)O)nn1.COC(=O)c1cc(F)c(F)cc1NC(=O)c1ccc(-c2cccnc2)nn1.COC(=O)c1cc(F)c(F)cc1NC(=O)c1ccc(CC#N)nn1. The van der Waals surface area contributed by atoms with Crippen molar-refractivity contribution in [3.05, 3.63) is 172 Å². The second-order valence-electron chi connectivity index (χ2n) is 14.5. The van der Waals surface area contributed by atoms with Crippen LogP contribution in [-0.4, -0.2) is 103 Å². The molecule has 0 radical (unpaired) electrons. The molecule has 77 heavy (non-hydrogen) atoms. The third kappa shape index (κ3) is 15.6. The summed E-state index contributed by atoms with van der Waals surface area (Å²) in [6, 6.07) is 17.1. The maximum atomic E-state index is 13.5. The Kier molecular flexibility index (Phi) is 19.9. The number of benzene rings is 3. The van der Waals surface area contributed by atoms with Crippen molar-refractivity contribution < 1.29 is 79.2 Å². The molecule has 4 heterocycles. The number of esters is 2. The van der Waals surface area contributed by atoms with Crippen LogP contribution in [0.1, 0.15) is 75.2 Å². The molecule has 0 bridgehead atoms. The van der Waals surface area contributed by atoms with Gasteiger partial charge in [-0.3, -0.25) is 24.7 Å². The van der Waals surface area contributed by atoms with Crippen molar-refractivity contribution in [1.82, 2.24) is 35.6 Å². The molecular weight excluding hydrogens is 1030 g/mol. The molecule has 3 aromatic carbocycles. The number of amides is 4. The number of nitriles is 1. The second kappa shape index (κ2) is 26.8. The average molecular weight is 1070 g/mol. The first-order chi connectivity index (χ1) is 36.8. The molecule has 7 aromatic rings. The van der Waals surface area contributed by atoms with E-state index in [1.54, 1.807) is 37.5 Å². The number of rotatable bonds is 13. The summed E-state index contributed by atoms with van der Waals surface area (Å²) in [5.41, 5.74) is -1.14. The third-order valence-electron chi connectivity index (χ3n) is 9.44. The Morgan fingerprint density at radius 1 is 0.571 bits per heavy atom. The number of carboxylic acids is 1. The van der Waals surface area contributed by atoms with Gasteiger partial charge >= 0.3 is 24.0 Å². The number of hydrogen-bond donors (Lipinski definition) is 5. The fourth-order valence-corrected chi connectivity index (χ4v) is 5.81. The molecule has 0 fully saturated rings. The van der Waals surface area contributed by atoms with Crippen LogP contribution >= 0.6 is 0 Å². The van der Waals surface area contributed by atoms with Gasteiger partial charge in [0.05, 0.1) is 78.5 Å². The first kappa shape index (κ1) is 57.1. The lowest BCUT2D eigenvalue weighted by Crippen LogP contribution is -2.18. The standard InChI is InChI=1S/C18H12F2N4O3.C15H12F2N4O5.C15H10F2N4O3/c1-27-18(26)11-7-12(19)13(20)8-16(11)22-17(25)15-5-4-14(23-24-15)10-3-2-6-21-9-10;1-2-26-15(25)19-12-4-3-10(20-21-12)13(22)18-11-6-9(17)8(16)5-7(11)14(23)24;1-24-15(23)9-6-10(16)11(17)7-13(9)19-14(22)12-3-2-8(4-5-18)20-21-12/h2-9H,1H3,(H,22,25);3-6H,2H2,1H3,(H,18,22)(H,23,24)(H,19,21,25);2-3,6-7H,4H2,1H3,(H,19,22). The third-order valence-corrected chi connectivity index (χ3v) is 9.44. The summed E-state index contributed by atoms with van der Waals surface area (Å²) >= 11 is 0. The molecule has 5 N–H and O–H groups in total. The number of anilines is 4. The Hall–Kier alpha value is -10.8. The highest BCUT2D eigenvalue weighted by molar-refractivity contribution is 6.09. The van der Waals surface area contributed by atoms with Crippen molar-refractivity contribution >= 4 is 64.6 Å². The van der Waals surface area contributed by atoms with Gasteiger partial charge < -0.3 is 35.3 Å². The zero-order valence-corrected chi connectivity index (χ0v) is 39.5. The summed E-state index contributed by atoms with van der Waals surface area (Å²) in [6.45, 7) is 1.77. The van der Waals surface area contributed by atoms with Crippen molar-refractivity contribution in [3.8, 4) is 17.3 Å². The van der Waals surface area contributed by atoms with E-state index >= 15 is 0 Å². The molecule has 4 amide bonds. The maximum absolute atomic E-state index is 13.5. The molecule has 0 unspecified atom stereocenters. The molecule has 0 saturated heterocycles. The highest BCUT2D eigenvalue weighted by Crippen LogP contribution is 2.25. The number of nitrogens with one attached hydrogen (secondary N) is 4. The molecule has 0 atom stereocenters. The van der Waals surface area contributed by atoms with E-state index in [9.17, 15) is 59.9 Å². The lowest BCUT2D eigenvalue weighted by Gasteiger charge is -2.10. The largest absolute Gasteiger partial charge is 0.478 e. The number of aromatic carboxylic acids is 1. The first-order valence-electron chi connectivity index (χ1n) is 21.3. The number of carbonyl (C=O) groups is 7. The molecular formula is C48H34F6N12O11. The molecule has 394 valence electrons. The predicted molar refractivity (Wildman–Crippen MR) is 252 cm³/mol. The molecule has 0 saturated carbocycles. The van der Waals surface area contributed by atoms with Crippen LogP contribution < -0.4 is 21.3 Å². The molecule has 0 aliphatic rings. The minimum absolute atomic E-state index is 0.0130. The van der Waals surface area contributed by atoms with Crippen LogP contribution in [0.3, 0.4) is 0 Å². The highest BCUT2D eigenvalue weighted by Gasteiger charge is 2.23. The van der Waals surface area contributed by atoms with E-state index in [1.807, 2.05) is 6.07 Å². The van der Waals surface area contributed by atoms with Crippen molar-refractivity contribution in [2.75, 3.05) is 42.1 Å². The van der Waals surface area contributed by atoms with Crippen LogP contribution in [0.2, 0.25) is 0 Å². The predicted octanol–water partition coefficient (Wildman–Crippen LogP) is 6.99. The van der Waals surface area contributed by atoms with Gasteiger partial charge in [0, 0.05) is 36.2 Å². The Morgan fingerprint density at radius 2 is 1.03 bits per heavy atom. The van der Waals surface area contributed by atoms with Crippen LogP contribution in [-0.2, 0) is 20.6 Å². The summed E-state index contributed by atoms with van der Waals surface area (Å²) in [4.78, 5) is 86.1. The minimum Gasteiger partial charge on any atom is -0.478 e. The van der Waals surface area contributed by atoms with Crippen LogP contribution in [0.4, 0.5) is 54.0 Å². The van der Waals surface area contributed by atoms with E-state index in [-0.39, 0.29) is 58.4 Å². The Labute approximate surface area is 428 Å². The van der Waals surface area contributed by atoms with E-state index in [0.717, 1.165) is 14.2 Å². The Balaban J connectivity index is 0.000000213. The van der Waals surface area contributed by atoms with Crippen LogP contribution in [0.25, 0.3) is 11.3 Å². The number of carboxylic acid groups (broad SMARTS) is 1. The summed E-state index contributed by atoms with van der Waals surface area (Å²) in [5.74, 6) is -13.5. The van der Waals surface area contributed by atoms with Crippen molar-refractivity contribution in [2.24, 2.45) is 0 Å². The van der Waals surface area contributed by atoms with Crippen molar-refractivity contribution in [3.63, 3.8) is 0 Å². The summed E-state index contributed by atoms with van der Waals surface area (Å²) in [7, 11) is 2.15. The lowest BCUT2D eigenvalue weighted by atomic mass is 10.1. The zero-order valence-electron chi connectivity index (χ0n) is 39.5. The topological polar surface area (TPSA) is 330 Å². The number of pyridine rings is 1. The quantitative estimate of drug-likeness (QED) is 0.0441. The van der Waals surface area contributed by atoms with Gasteiger partial charge in [-0.15, -0.1) is 25.5 Å². The number of aromatic nitrogens is 7. The van der Waals surface area contributed by atoms with Crippen LogP contribution in [0.15, 0.2) is 97.3 Å². The molecule has 29 heteroatoms. The molecule has 4 aromatic heterocycles. The van der Waals surface area contributed by atoms with E-state index in [0.29, 0.717) is 53.3 Å². The van der Waals surface area contributed by atoms with E-state index in [1.165, 1.54) is 30.3 Å². The average Bonchev–Trinajstić information content (AvgIpc) is 3.42. The number of hydrogen-bond acceptors (Lipinski definition) is 18. The van der Waals surface area contributed by atoms with E-state index in [2.05, 4.69) is 71.1 Å².